The van der Waals surface area contributed by atoms with Crippen molar-refractivity contribution in [1.82, 2.24) is 9.78 Å². The molecule has 0 radical (unpaired) electrons. The first-order valence-electron chi connectivity index (χ1n) is 7.15. The molecule has 9 heteroatoms. The average molecular weight is 341 g/mol. The average Bonchev–Trinajstić information content (AvgIpc) is 2.92. The summed E-state index contributed by atoms with van der Waals surface area (Å²) in [5.41, 5.74) is 1.27. The molecule has 3 rings (SSSR count). The van der Waals surface area contributed by atoms with Crippen LogP contribution < -0.4 is 9.64 Å². The van der Waals surface area contributed by atoms with Gasteiger partial charge in [-0.1, -0.05) is 6.07 Å². The number of benzene rings is 1. The van der Waals surface area contributed by atoms with Gasteiger partial charge in [0.25, 0.3) is 0 Å². The molecule has 128 valence electrons. The molecule has 0 bridgehead atoms. The molecule has 1 aromatic carbocycles. The van der Waals surface area contributed by atoms with Crippen molar-refractivity contribution in [3.8, 4) is 5.75 Å². The molecule has 0 saturated carbocycles. The van der Waals surface area contributed by atoms with E-state index in [1.807, 2.05) is 4.90 Å². The topological polar surface area (TPSA) is 67.6 Å². The minimum atomic E-state index is -4.33. The lowest BCUT2D eigenvalue weighted by atomic mass is 10.1. The van der Waals surface area contributed by atoms with Crippen LogP contribution in [-0.2, 0) is 13.1 Å². The first-order valence-corrected chi connectivity index (χ1v) is 7.15. The van der Waals surface area contributed by atoms with E-state index in [1.54, 1.807) is 12.1 Å². The number of carboxylic acids is 1. The summed E-state index contributed by atoms with van der Waals surface area (Å²) in [5.74, 6) is -0.814. The summed E-state index contributed by atoms with van der Waals surface area (Å²) in [4.78, 5) is 13.1. The molecule has 0 saturated heterocycles. The second-order valence-electron chi connectivity index (χ2n) is 5.39. The van der Waals surface area contributed by atoms with E-state index in [2.05, 4.69) is 5.10 Å². The fourth-order valence-corrected chi connectivity index (χ4v) is 2.62. The maximum atomic E-state index is 12.4. The number of hydrogen-bond acceptors (Lipinski definition) is 4. The van der Waals surface area contributed by atoms with Crippen LogP contribution in [0.1, 0.15) is 15.9 Å². The Balaban J connectivity index is 1.81. The van der Waals surface area contributed by atoms with Crippen LogP contribution in [0.2, 0.25) is 0 Å². The van der Waals surface area contributed by atoms with E-state index in [4.69, 9.17) is 4.74 Å². The number of nitrogens with zero attached hydrogens (tertiary/aromatic N) is 3. The van der Waals surface area contributed by atoms with E-state index in [9.17, 15) is 23.1 Å². The lowest BCUT2D eigenvalue weighted by Crippen LogP contribution is -2.32. The first kappa shape index (κ1) is 16.2. The molecule has 1 aliphatic rings. The van der Waals surface area contributed by atoms with Crippen LogP contribution in [0.4, 0.5) is 18.9 Å². The van der Waals surface area contributed by atoms with Gasteiger partial charge in [-0.25, -0.2) is 4.79 Å². The monoisotopic (exact) mass is 341 g/mol. The molecule has 0 fully saturated rings. The Bertz CT molecular complexity index is 758. The Morgan fingerprint density at radius 2 is 2.17 bits per heavy atom. The molecule has 0 spiro atoms. The maximum absolute atomic E-state index is 12.4. The lowest BCUT2D eigenvalue weighted by molar-refractivity contribution is -0.142. The SMILES string of the molecule is O=C(O)c1cccc2c1OCCN2Cc1cnn(CC(F)(F)F)c1. The van der Waals surface area contributed by atoms with Crippen LogP contribution in [0, 0.1) is 0 Å². The van der Waals surface area contributed by atoms with E-state index in [-0.39, 0.29) is 11.3 Å². The van der Waals surface area contributed by atoms with E-state index in [0.717, 1.165) is 4.68 Å². The smallest absolute Gasteiger partial charge is 0.408 e. The Kier molecular flexibility index (Phi) is 4.08. The second-order valence-corrected chi connectivity index (χ2v) is 5.39. The number of anilines is 1. The Labute approximate surface area is 135 Å². The number of halogens is 3. The maximum Gasteiger partial charge on any atom is 0.408 e. The van der Waals surface area contributed by atoms with Crippen molar-refractivity contribution in [2.75, 3.05) is 18.1 Å². The molecule has 0 amide bonds. The molecule has 2 heterocycles. The Morgan fingerprint density at radius 3 is 2.88 bits per heavy atom. The van der Waals surface area contributed by atoms with Crippen LogP contribution in [0.3, 0.4) is 0 Å². The highest BCUT2D eigenvalue weighted by molar-refractivity contribution is 5.93. The highest BCUT2D eigenvalue weighted by atomic mass is 19.4. The van der Waals surface area contributed by atoms with Crippen molar-refractivity contribution >= 4 is 11.7 Å². The third kappa shape index (κ3) is 3.44. The minimum absolute atomic E-state index is 0.0602. The van der Waals surface area contributed by atoms with Crippen LogP contribution in [0.5, 0.6) is 5.75 Å². The lowest BCUT2D eigenvalue weighted by Gasteiger charge is -2.31. The largest absolute Gasteiger partial charge is 0.489 e. The van der Waals surface area contributed by atoms with Gasteiger partial charge in [0.2, 0.25) is 0 Å². The van der Waals surface area contributed by atoms with Gasteiger partial charge in [0, 0.05) is 18.3 Å². The van der Waals surface area contributed by atoms with Gasteiger partial charge in [-0.05, 0) is 12.1 Å². The quantitative estimate of drug-likeness (QED) is 0.926. The minimum Gasteiger partial charge on any atom is -0.489 e. The highest BCUT2D eigenvalue weighted by Crippen LogP contribution is 2.35. The standard InChI is InChI=1S/C15H14F3N3O3/c16-15(17,18)9-21-8-10(6-19-21)7-20-4-5-24-13-11(14(22)23)2-1-3-12(13)20/h1-3,6,8H,4-5,7,9H2,(H,22,23). The van der Waals surface area contributed by atoms with Crippen LogP contribution >= 0.6 is 0 Å². The molecule has 1 N–H and O–H groups in total. The van der Waals surface area contributed by atoms with E-state index in [1.165, 1.54) is 18.5 Å². The second kappa shape index (κ2) is 6.06. The molecular weight excluding hydrogens is 327 g/mol. The zero-order valence-corrected chi connectivity index (χ0v) is 12.5. The van der Waals surface area contributed by atoms with Gasteiger partial charge in [-0.15, -0.1) is 0 Å². The summed E-state index contributed by atoms with van der Waals surface area (Å²) in [6, 6.07) is 4.78. The third-order valence-corrected chi connectivity index (χ3v) is 3.57. The van der Waals surface area contributed by atoms with Crippen molar-refractivity contribution in [3.05, 3.63) is 41.7 Å². The van der Waals surface area contributed by atoms with Gasteiger partial charge in [-0.3, -0.25) is 4.68 Å². The van der Waals surface area contributed by atoms with E-state index >= 15 is 0 Å². The van der Waals surface area contributed by atoms with Gasteiger partial charge in [-0.2, -0.15) is 18.3 Å². The normalized spacial score (nSPS) is 14.2. The molecular formula is C15H14F3N3O3. The number of fused-ring (bicyclic) bond motifs is 1. The zero-order valence-electron chi connectivity index (χ0n) is 12.5. The number of hydrogen-bond donors (Lipinski definition) is 1. The van der Waals surface area contributed by atoms with Gasteiger partial charge >= 0.3 is 12.1 Å². The summed E-state index contributed by atoms with van der Waals surface area (Å²) in [6.07, 6.45) is -1.61. The fraction of sp³-hybridized carbons (Fsp3) is 0.333. The number of aromatic nitrogens is 2. The number of carbonyl (C=O) groups is 1. The van der Waals surface area contributed by atoms with Gasteiger partial charge < -0.3 is 14.7 Å². The Hall–Kier alpha value is -2.71. The molecule has 24 heavy (non-hydrogen) atoms. The fourth-order valence-electron chi connectivity index (χ4n) is 2.62. The number of ether oxygens (including phenoxy) is 1. The molecule has 6 nitrogen and oxygen atoms in total. The summed E-state index contributed by atoms with van der Waals surface area (Å²) in [7, 11) is 0. The number of rotatable bonds is 4. The highest BCUT2D eigenvalue weighted by Gasteiger charge is 2.29. The predicted molar refractivity (Wildman–Crippen MR) is 78.2 cm³/mol. The molecule has 0 atom stereocenters. The summed E-state index contributed by atoms with van der Waals surface area (Å²) in [5, 5.41) is 12.9. The number of para-hydroxylation sites is 1. The number of alkyl halides is 3. The van der Waals surface area contributed by atoms with Crippen molar-refractivity contribution in [2.24, 2.45) is 0 Å². The van der Waals surface area contributed by atoms with Crippen molar-refractivity contribution in [1.29, 1.82) is 0 Å². The molecule has 0 aliphatic carbocycles. The number of carboxylic acid groups (broad SMARTS) is 1. The van der Waals surface area contributed by atoms with Crippen molar-refractivity contribution < 1.29 is 27.8 Å². The van der Waals surface area contributed by atoms with Crippen molar-refractivity contribution in [3.63, 3.8) is 0 Å². The van der Waals surface area contributed by atoms with E-state index < -0.39 is 18.7 Å². The predicted octanol–water partition coefficient (Wildman–Crippen LogP) is 2.54. The first-order chi connectivity index (χ1) is 11.3. The van der Waals surface area contributed by atoms with Gasteiger partial charge in [0.1, 0.15) is 18.7 Å². The van der Waals surface area contributed by atoms with Crippen LogP contribution in [0.15, 0.2) is 30.6 Å². The van der Waals surface area contributed by atoms with Crippen molar-refractivity contribution in [2.45, 2.75) is 19.3 Å². The zero-order chi connectivity index (χ0) is 17.3. The van der Waals surface area contributed by atoms with Crippen LogP contribution in [0.25, 0.3) is 0 Å². The van der Waals surface area contributed by atoms with Gasteiger partial charge in [0.05, 0.1) is 18.4 Å². The Morgan fingerprint density at radius 1 is 1.38 bits per heavy atom. The van der Waals surface area contributed by atoms with Crippen LogP contribution in [-0.4, -0.2) is 40.2 Å². The molecule has 2 aromatic rings. The summed E-state index contributed by atoms with van der Waals surface area (Å²) >= 11 is 0. The van der Waals surface area contributed by atoms with Gasteiger partial charge in [0.15, 0.2) is 5.75 Å². The summed E-state index contributed by atoms with van der Waals surface area (Å²) < 4.78 is 43.4. The van der Waals surface area contributed by atoms with E-state index in [0.29, 0.717) is 30.9 Å². The molecule has 0 unspecified atom stereocenters. The molecule has 1 aromatic heterocycles. The number of aromatic carboxylic acids is 1. The molecule has 1 aliphatic heterocycles. The third-order valence-electron chi connectivity index (χ3n) is 3.57. The summed E-state index contributed by atoms with van der Waals surface area (Å²) in [6.45, 7) is -0.0261.